The van der Waals surface area contributed by atoms with Gasteiger partial charge >= 0.3 is 10.2 Å². The van der Waals surface area contributed by atoms with Gasteiger partial charge in [0, 0.05) is 10.6 Å². The van der Waals surface area contributed by atoms with Gasteiger partial charge in [0.05, 0.1) is 5.41 Å². The number of benzene rings is 1. The number of halogens is 5. The Kier molecular flexibility index (Phi) is 3.06. The summed E-state index contributed by atoms with van der Waals surface area (Å²) >= 11 is 1.06. The maximum Gasteiger partial charge on any atom is 0.304 e. The molecule has 0 N–H and O–H groups in total. The quantitative estimate of drug-likeness (QED) is 0.510. The topological polar surface area (TPSA) is 0 Å². The third kappa shape index (κ3) is 6.73. The molecule has 0 bridgehead atoms. The second kappa shape index (κ2) is 3.66. The lowest BCUT2D eigenvalue weighted by molar-refractivity contribution is 0.384. The van der Waals surface area contributed by atoms with Crippen LogP contribution in [0, 0.1) is 0 Å². The highest BCUT2D eigenvalue weighted by atomic mass is 32.5. The van der Waals surface area contributed by atoms with Crippen LogP contribution >= 0.6 is 22.0 Å². The smallest absolute Gasteiger partial charge is 0.122 e. The van der Waals surface area contributed by atoms with Crippen LogP contribution in [0.1, 0.15) is 0 Å². The molecule has 0 aliphatic rings. The number of hydrogen-bond donors (Lipinski definition) is 0. The van der Waals surface area contributed by atoms with Crippen LogP contribution in [0.25, 0.3) is 0 Å². The van der Waals surface area contributed by atoms with Crippen LogP contribution in [0.15, 0.2) is 46.7 Å². The molecule has 0 aliphatic carbocycles. The molecule has 1 aromatic carbocycles. The minimum absolute atomic E-state index is 0.143. The SMILES string of the molecule is FS(F)(F)(F)(F)/C=C/CSc1ccccc1. The minimum Gasteiger partial charge on any atom is -0.122 e. The Balaban J connectivity index is 2.53. The van der Waals surface area contributed by atoms with Crippen molar-refractivity contribution >= 4 is 22.0 Å². The van der Waals surface area contributed by atoms with Crippen molar-refractivity contribution in [2.24, 2.45) is 0 Å². The summed E-state index contributed by atoms with van der Waals surface area (Å²) in [6.07, 6.45) is 0.444. The zero-order valence-electron chi connectivity index (χ0n) is 7.95. The second-order valence-corrected chi connectivity index (χ2v) is 6.45. The van der Waals surface area contributed by atoms with E-state index in [9.17, 15) is 19.4 Å². The van der Waals surface area contributed by atoms with Crippen LogP contribution in [-0.2, 0) is 0 Å². The molecule has 0 aromatic heterocycles. The molecular weight excluding hydrogens is 267 g/mol. The Morgan fingerprint density at radius 3 is 2.06 bits per heavy atom. The summed E-state index contributed by atoms with van der Waals surface area (Å²) in [5, 5.41) is -0.907. The monoisotopic (exact) mass is 276 g/mol. The number of rotatable bonds is 4. The van der Waals surface area contributed by atoms with Crippen LogP contribution in [0.5, 0.6) is 0 Å². The van der Waals surface area contributed by atoms with Gasteiger partial charge in [-0.15, -0.1) is 11.8 Å². The van der Waals surface area contributed by atoms with Gasteiger partial charge in [0.2, 0.25) is 0 Å². The van der Waals surface area contributed by atoms with E-state index >= 15 is 0 Å². The first kappa shape index (κ1) is 13.4. The molecule has 0 amide bonds. The summed E-state index contributed by atoms with van der Waals surface area (Å²) in [7, 11) is -9.38. The molecule has 92 valence electrons. The molecule has 0 atom stereocenters. The molecule has 0 fully saturated rings. The fourth-order valence-electron chi connectivity index (χ4n) is 0.882. The van der Waals surface area contributed by atoms with Gasteiger partial charge in [-0.05, 0) is 12.1 Å². The van der Waals surface area contributed by atoms with Crippen LogP contribution in [-0.4, -0.2) is 5.75 Å². The highest BCUT2D eigenvalue weighted by Gasteiger charge is 2.60. The molecule has 0 unspecified atom stereocenters. The fraction of sp³-hybridized carbons (Fsp3) is 0.111. The largest absolute Gasteiger partial charge is 0.304 e. The van der Waals surface area contributed by atoms with E-state index in [-0.39, 0.29) is 5.75 Å². The molecule has 7 heteroatoms. The average Bonchev–Trinajstić information content (AvgIpc) is 2.11. The van der Waals surface area contributed by atoms with Gasteiger partial charge in [-0.2, -0.15) is 0 Å². The third-order valence-corrected chi connectivity index (χ3v) is 3.11. The van der Waals surface area contributed by atoms with E-state index in [1.165, 1.54) is 0 Å². The highest BCUT2D eigenvalue weighted by Crippen LogP contribution is 2.98. The summed E-state index contributed by atoms with van der Waals surface area (Å²) in [6, 6.07) is 8.58. The predicted molar refractivity (Wildman–Crippen MR) is 59.4 cm³/mol. The van der Waals surface area contributed by atoms with Crippen molar-refractivity contribution < 1.29 is 19.4 Å². The van der Waals surface area contributed by atoms with Crippen molar-refractivity contribution in [2.75, 3.05) is 5.75 Å². The van der Waals surface area contributed by atoms with Gasteiger partial charge in [-0.1, -0.05) is 43.7 Å². The third-order valence-electron chi connectivity index (χ3n) is 1.44. The summed E-state index contributed by atoms with van der Waals surface area (Å²) in [5.41, 5.74) is 0. The van der Waals surface area contributed by atoms with E-state index in [0.717, 1.165) is 16.7 Å². The van der Waals surface area contributed by atoms with Gasteiger partial charge in [-0.25, -0.2) is 0 Å². The summed E-state index contributed by atoms with van der Waals surface area (Å²) in [5.74, 6) is -0.143. The van der Waals surface area contributed by atoms with Crippen LogP contribution in [0.4, 0.5) is 19.4 Å². The first-order valence-electron chi connectivity index (χ1n) is 4.15. The van der Waals surface area contributed by atoms with Crippen molar-refractivity contribution in [1.82, 2.24) is 0 Å². The molecule has 0 spiro atoms. The molecule has 1 aromatic rings. The molecule has 1 rings (SSSR count). The summed E-state index contributed by atoms with van der Waals surface area (Å²) in [6.45, 7) is 0. The van der Waals surface area contributed by atoms with Gasteiger partial charge in [0.25, 0.3) is 0 Å². The Morgan fingerprint density at radius 1 is 1.00 bits per heavy atom. The molecule has 0 radical (unpaired) electrons. The zero-order chi connectivity index (χ0) is 12.3. The number of hydrogen-bond acceptors (Lipinski definition) is 1. The second-order valence-electron chi connectivity index (χ2n) is 3.02. The maximum absolute atomic E-state index is 11.8. The molecule has 0 heterocycles. The van der Waals surface area contributed by atoms with E-state index in [4.69, 9.17) is 0 Å². The Morgan fingerprint density at radius 2 is 1.56 bits per heavy atom. The van der Waals surface area contributed by atoms with Gasteiger partial charge in [0.15, 0.2) is 0 Å². The maximum atomic E-state index is 11.8. The zero-order valence-corrected chi connectivity index (χ0v) is 9.59. The van der Waals surface area contributed by atoms with Crippen LogP contribution in [0.3, 0.4) is 0 Å². The van der Waals surface area contributed by atoms with Gasteiger partial charge in [-0.3, -0.25) is 0 Å². The van der Waals surface area contributed by atoms with Gasteiger partial charge in [0.1, 0.15) is 0 Å². The highest BCUT2D eigenvalue weighted by molar-refractivity contribution is 8.48. The number of thioether (sulfide) groups is 1. The molecule has 0 aliphatic heterocycles. The molecule has 16 heavy (non-hydrogen) atoms. The minimum atomic E-state index is -9.38. The Hall–Kier alpha value is -0.690. The average molecular weight is 276 g/mol. The predicted octanol–water partition coefficient (Wildman–Crippen LogP) is 5.59. The molecular formula is C9H9F5S2. The Bertz CT molecular complexity index is 380. The lowest BCUT2D eigenvalue weighted by atomic mass is 10.4. The van der Waals surface area contributed by atoms with Crippen molar-refractivity contribution in [2.45, 2.75) is 4.90 Å². The normalized spacial score (nSPS) is 17.1. The first-order valence-corrected chi connectivity index (χ1v) is 7.15. The van der Waals surface area contributed by atoms with E-state index < -0.39 is 15.6 Å². The van der Waals surface area contributed by atoms with Gasteiger partial charge < -0.3 is 0 Å². The van der Waals surface area contributed by atoms with Crippen molar-refractivity contribution in [3.05, 3.63) is 41.8 Å². The summed E-state index contributed by atoms with van der Waals surface area (Å²) in [4.78, 5) is 0.731. The molecule has 0 saturated heterocycles. The van der Waals surface area contributed by atoms with E-state index in [1.807, 2.05) is 0 Å². The van der Waals surface area contributed by atoms with E-state index in [2.05, 4.69) is 0 Å². The van der Waals surface area contributed by atoms with Crippen LogP contribution < -0.4 is 0 Å². The van der Waals surface area contributed by atoms with Crippen molar-refractivity contribution in [1.29, 1.82) is 0 Å². The lowest BCUT2D eigenvalue weighted by Gasteiger charge is -2.36. The fourth-order valence-corrected chi connectivity index (χ4v) is 2.20. The van der Waals surface area contributed by atoms with Crippen LogP contribution in [0.2, 0.25) is 0 Å². The Labute approximate surface area is 94.3 Å². The van der Waals surface area contributed by atoms with E-state index in [1.54, 1.807) is 30.3 Å². The molecule has 0 nitrogen and oxygen atoms in total. The van der Waals surface area contributed by atoms with E-state index in [0.29, 0.717) is 6.08 Å². The standard InChI is InChI=1S/C9H9F5S2/c10-16(11,12,13,14)8-4-7-15-9-5-2-1-3-6-9/h1-6,8H,7H2/b8-4+. The molecule has 0 saturated carbocycles. The summed E-state index contributed by atoms with van der Waals surface area (Å²) < 4.78 is 59.2. The lowest BCUT2D eigenvalue weighted by Crippen LogP contribution is -1.99. The van der Waals surface area contributed by atoms with Crippen molar-refractivity contribution in [3.8, 4) is 0 Å². The van der Waals surface area contributed by atoms with Crippen molar-refractivity contribution in [3.63, 3.8) is 0 Å². The first-order chi connectivity index (χ1) is 7.05.